The number of hydrogen-bond acceptors (Lipinski definition) is 4. The third kappa shape index (κ3) is 4.97. The Bertz CT molecular complexity index is 414. The molecule has 18 heavy (non-hydrogen) atoms. The van der Waals surface area contributed by atoms with Gasteiger partial charge in [0.1, 0.15) is 12.5 Å². The molecule has 1 rings (SSSR count). The third-order valence-corrected chi connectivity index (χ3v) is 2.41. The van der Waals surface area contributed by atoms with Crippen molar-refractivity contribution in [1.29, 1.82) is 0 Å². The van der Waals surface area contributed by atoms with Crippen LogP contribution in [0, 0.1) is 0 Å². The number of carbonyl (C=O) groups excluding carboxylic acids is 1. The van der Waals surface area contributed by atoms with Gasteiger partial charge in [-0.1, -0.05) is 24.3 Å². The van der Waals surface area contributed by atoms with E-state index in [0.29, 0.717) is 13.0 Å². The van der Waals surface area contributed by atoms with Crippen LogP contribution in [0.3, 0.4) is 0 Å². The molecule has 0 fully saturated rings. The minimum Gasteiger partial charge on any atom is -0.481 e. The van der Waals surface area contributed by atoms with Gasteiger partial charge in [0.2, 0.25) is 0 Å². The lowest BCUT2D eigenvalue weighted by Gasteiger charge is -2.12. The number of ether oxygens (including phenoxy) is 1. The zero-order chi connectivity index (χ0) is 13.5. The van der Waals surface area contributed by atoms with E-state index in [2.05, 4.69) is 0 Å². The lowest BCUT2D eigenvalue weighted by Crippen LogP contribution is -2.19. The largest absolute Gasteiger partial charge is 0.481 e. The molecule has 0 bridgehead atoms. The number of hydrogen-bond donors (Lipinski definition) is 2. The van der Waals surface area contributed by atoms with Gasteiger partial charge in [0.15, 0.2) is 0 Å². The molecular formula is C13H17NO4. The molecule has 3 N–H and O–H groups in total. The molecule has 0 aromatic heterocycles. The van der Waals surface area contributed by atoms with E-state index < -0.39 is 18.4 Å². The van der Waals surface area contributed by atoms with Gasteiger partial charge in [-0.3, -0.25) is 9.59 Å². The van der Waals surface area contributed by atoms with Crippen LogP contribution in [0.25, 0.3) is 0 Å². The summed E-state index contributed by atoms with van der Waals surface area (Å²) in [5, 5.41) is 8.43. The summed E-state index contributed by atoms with van der Waals surface area (Å²) in [5.41, 5.74) is 7.54. The van der Waals surface area contributed by atoms with Crippen LogP contribution in [-0.2, 0) is 27.3 Å². The number of nitrogens with two attached hydrogens (primary N) is 1. The average Bonchev–Trinajstić information content (AvgIpc) is 2.28. The molecule has 1 aromatic rings. The van der Waals surface area contributed by atoms with E-state index >= 15 is 0 Å². The number of benzene rings is 1. The van der Waals surface area contributed by atoms with Crippen molar-refractivity contribution < 1.29 is 19.4 Å². The van der Waals surface area contributed by atoms with E-state index in [1.165, 1.54) is 0 Å². The highest BCUT2D eigenvalue weighted by molar-refractivity contribution is 5.90. The van der Waals surface area contributed by atoms with E-state index in [-0.39, 0.29) is 6.10 Å². The van der Waals surface area contributed by atoms with Crippen molar-refractivity contribution in [2.24, 2.45) is 5.73 Å². The number of carbonyl (C=O) groups is 2. The van der Waals surface area contributed by atoms with Crippen LogP contribution in [0.15, 0.2) is 24.3 Å². The number of esters is 1. The summed E-state index contributed by atoms with van der Waals surface area (Å²) in [6.45, 7) is 2.22. The fourth-order valence-corrected chi connectivity index (χ4v) is 1.57. The Hall–Kier alpha value is -1.88. The predicted octanol–water partition coefficient (Wildman–Crippen LogP) is 1.09. The van der Waals surface area contributed by atoms with Gasteiger partial charge in [-0.15, -0.1) is 0 Å². The zero-order valence-electron chi connectivity index (χ0n) is 10.3. The number of carboxylic acid groups (broad SMARTS) is 1. The molecule has 1 aromatic carbocycles. The highest BCUT2D eigenvalue weighted by Gasteiger charge is 2.13. The van der Waals surface area contributed by atoms with Crippen LogP contribution >= 0.6 is 0 Å². The SMILES string of the molecule is CC(Cc1ccc(CN)cc1)OC(=O)CC(=O)O. The van der Waals surface area contributed by atoms with Crippen LogP contribution in [0.2, 0.25) is 0 Å². The van der Waals surface area contributed by atoms with Crippen molar-refractivity contribution in [3.63, 3.8) is 0 Å². The first-order valence-electron chi connectivity index (χ1n) is 5.70. The summed E-state index contributed by atoms with van der Waals surface area (Å²) in [6.07, 6.45) is -0.396. The molecule has 5 nitrogen and oxygen atoms in total. The fourth-order valence-electron chi connectivity index (χ4n) is 1.57. The Labute approximate surface area is 106 Å². The molecule has 0 saturated heterocycles. The van der Waals surface area contributed by atoms with Crippen LogP contribution in [0.5, 0.6) is 0 Å². The van der Waals surface area contributed by atoms with Gasteiger partial charge in [-0.2, -0.15) is 0 Å². The van der Waals surface area contributed by atoms with Gasteiger partial charge in [-0.05, 0) is 18.1 Å². The molecule has 98 valence electrons. The molecule has 0 spiro atoms. The summed E-state index contributed by atoms with van der Waals surface area (Å²) in [6, 6.07) is 7.68. The standard InChI is InChI=1S/C13H17NO4/c1-9(18-13(17)7-12(15)16)6-10-2-4-11(8-14)5-3-10/h2-5,9H,6-8,14H2,1H3,(H,15,16). The first-order chi connectivity index (χ1) is 8.51. The maximum absolute atomic E-state index is 11.1. The van der Waals surface area contributed by atoms with E-state index in [1.54, 1.807) is 6.92 Å². The average molecular weight is 251 g/mol. The molecule has 1 unspecified atom stereocenters. The summed E-state index contributed by atoms with van der Waals surface area (Å²) in [5.74, 6) is -1.90. The van der Waals surface area contributed by atoms with Crippen molar-refractivity contribution in [3.8, 4) is 0 Å². The number of carboxylic acids is 1. The molecule has 0 aliphatic rings. The summed E-state index contributed by atoms with van der Waals surface area (Å²) in [4.78, 5) is 21.4. The Morgan fingerprint density at radius 3 is 2.33 bits per heavy atom. The summed E-state index contributed by atoms with van der Waals surface area (Å²) in [7, 11) is 0. The fraction of sp³-hybridized carbons (Fsp3) is 0.385. The van der Waals surface area contributed by atoms with E-state index in [0.717, 1.165) is 11.1 Å². The third-order valence-electron chi connectivity index (χ3n) is 2.41. The molecular weight excluding hydrogens is 234 g/mol. The highest BCUT2D eigenvalue weighted by Crippen LogP contribution is 2.09. The first kappa shape index (κ1) is 14.2. The van der Waals surface area contributed by atoms with Gasteiger partial charge < -0.3 is 15.6 Å². The van der Waals surface area contributed by atoms with E-state index in [1.807, 2.05) is 24.3 Å². The van der Waals surface area contributed by atoms with Gasteiger partial charge in [0, 0.05) is 13.0 Å². The second kappa shape index (κ2) is 6.76. The number of aliphatic carboxylic acids is 1. The second-order valence-electron chi connectivity index (χ2n) is 4.10. The zero-order valence-corrected chi connectivity index (χ0v) is 10.3. The first-order valence-corrected chi connectivity index (χ1v) is 5.70. The van der Waals surface area contributed by atoms with Crippen molar-refractivity contribution >= 4 is 11.9 Å². The van der Waals surface area contributed by atoms with Crippen molar-refractivity contribution in [2.75, 3.05) is 0 Å². The molecule has 0 saturated carbocycles. The Morgan fingerprint density at radius 1 is 1.28 bits per heavy atom. The maximum atomic E-state index is 11.1. The molecule has 5 heteroatoms. The molecule has 1 atom stereocenters. The van der Waals surface area contributed by atoms with Crippen molar-refractivity contribution in [3.05, 3.63) is 35.4 Å². The highest BCUT2D eigenvalue weighted by atomic mass is 16.5. The Kier molecular flexibility index (Phi) is 5.32. The topological polar surface area (TPSA) is 89.6 Å². The van der Waals surface area contributed by atoms with Gasteiger partial charge in [0.05, 0.1) is 0 Å². The van der Waals surface area contributed by atoms with Crippen molar-refractivity contribution in [1.82, 2.24) is 0 Å². The van der Waals surface area contributed by atoms with Crippen molar-refractivity contribution in [2.45, 2.75) is 32.4 Å². The van der Waals surface area contributed by atoms with E-state index in [4.69, 9.17) is 15.6 Å². The van der Waals surface area contributed by atoms with Crippen LogP contribution in [-0.4, -0.2) is 23.1 Å². The lowest BCUT2D eigenvalue weighted by molar-refractivity contribution is -0.154. The minimum absolute atomic E-state index is 0.347. The second-order valence-corrected chi connectivity index (χ2v) is 4.10. The van der Waals surface area contributed by atoms with Gasteiger partial charge >= 0.3 is 11.9 Å². The summed E-state index contributed by atoms with van der Waals surface area (Å²) < 4.78 is 4.98. The Morgan fingerprint density at radius 2 is 1.83 bits per heavy atom. The van der Waals surface area contributed by atoms with Crippen LogP contribution in [0.4, 0.5) is 0 Å². The summed E-state index contributed by atoms with van der Waals surface area (Å²) >= 11 is 0. The van der Waals surface area contributed by atoms with Gasteiger partial charge in [0.25, 0.3) is 0 Å². The monoisotopic (exact) mass is 251 g/mol. The quantitative estimate of drug-likeness (QED) is 0.583. The molecule has 0 radical (unpaired) electrons. The van der Waals surface area contributed by atoms with Gasteiger partial charge in [-0.25, -0.2) is 0 Å². The molecule has 0 aliphatic heterocycles. The van der Waals surface area contributed by atoms with Crippen LogP contribution in [0.1, 0.15) is 24.5 Å². The Balaban J connectivity index is 2.45. The smallest absolute Gasteiger partial charge is 0.317 e. The maximum Gasteiger partial charge on any atom is 0.317 e. The molecule has 0 amide bonds. The van der Waals surface area contributed by atoms with Crippen LogP contribution < -0.4 is 5.73 Å². The molecule has 0 aliphatic carbocycles. The number of rotatable bonds is 6. The minimum atomic E-state index is -1.18. The molecule has 0 heterocycles. The predicted molar refractivity (Wildman–Crippen MR) is 65.8 cm³/mol. The lowest BCUT2D eigenvalue weighted by atomic mass is 10.1. The normalized spacial score (nSPS) is 11.9. The van der Waals surface area contributed by atoms with E-state index in [9.17, 15) is 9.59 Å².